The summed E-state index contributed by atoms with van der Waals surface area (Å²) >= 11 is 0. The molecule has 0 saturated heterocycles. The van der Waals surface area contributed by atoms with Gasteiger partial charge in [-0.25, -0.2) is 4.98 Å². The molecule has 0 spiro atoms. The number of halogens is 1. The molecule has 3 N–H and O–H groups in total. The van der Waals surface area contributed by atoms with Gasteiger partial charge in [0.25, 0.3) is 0 Å². The van der Waals surface area contributed by atoms with Crippen molar-refractivity contribution in [3.8, 4) is 0 Å². The first-order valence-corrected chi connectivity index (χ1v) is 8.19. The van der Waals surface area contributed by atoms with Gasteiger partial charge in [0.15, 0.2) is 0 Å². The molecule has 24 heavy (non-hydrogen) atoms. The fraction of sp³-hybridized carbons (Fsp3) is 0.444. The van der Waals surface area contributed by atoms with Gasteiger partial charge in [-0.15, -0.1) is 12.4 Å². The Bertz CT molecular complexity index is 614. The van der Waals surface area contributed by atoms with E-state index in [9.17, 15) is 4.79 Å². The molecule has 2 aromatic rings. The van der Waals surface area contributed by atoms with E-state index in [-0.39, 0.29) is 24.2 Å². The number of hydrogen-bond acceptors (Lipinski definition) is 3. The fourth-order valence-electron chi connectivity index (χ4n) is 2.40. The Hall–Kier alpha value is -1.85. The highest BCUT2D eigenvalue weighted by molar-refractivity contribution is 5.85. The smallest absolute Gasteiger partial charge is 0.237 e. The molecule has 0 saturated carbocycles. The molecule has 0 aliphatic carbocycles. The Morgan fingerprint density at radius 2 is 2.04 bits per heavy atom. The number of amides is 1. The maximum Gasteiger partial charge on any atom is 0.237 e. The predicted molar refractivity (Wildman–Crippen MR) is 98.9 cm³/mol. The highest BCUT2D eigenvalue weighted by atomic mass is 35.5. The third kappa shape index (κ3) is 5.65. The Labute approximate surface area is 150 Å². The monoisotopic (exact) mass is 350 g/mol. The average Bonchev–Trinajstić information content (AvgIpc) is 3.04. The van der Waals surface area contributed by atoms with Crippen molar-refractivity contribution in [3.63, 3.8) is 0 Å². The molecule has 6 heteroatoms. The summed E-state index contributed by atoms with van der Waals surface area (Å²) in [5.41, 5.74) is 7.23. The summed E-state index contributed by atoms with van der Waals surface area (Å²) in [4.78, 5) is 16.4. The van der Waals surface area contributed by atoms with Crippen LogP contribution in [0.25, 0.3) is 0 Å². The van der Waals surface area contributed by atoms with Crippen LogP contribution in [0.15, 0.2) is 42.7 Å². The number of nitrogens with two attached hydrogens (primary N) is 1. The van der Waals surface area contributed by atoms with Crippen LogP contribution in [0.2, 0.25) is 0 Å². The number of hydrogen-bond donors (Lipinski definition) is 2. The minimum Gasteiger partial charge on any atom is -0.348 e. The Kier molecular flexibility index (Phi) is 8.50. The van der Waals surface area contributed by atoms with Crippen molar-refractivity contribution in [3.05, 3.63) is 54.1 Å². The number of carbonyl (C=O) groups excluding carboxylic acids is 1. The minimum absolute atomic E-state index is 0. The summed E-state index contributed by atoms with van der Waals surface area (Å²) in [6.45, 7) is 5.27. The molecule has 0 bridgehead atoms. The van der Waals surface area contributed by atoms with E-state index in [4.69, 9.17) is 5.73 Å². The lowest BCUT2D eigenvalue weighted by molar-refractivity contribution is -0.123. The molecule has 1 heterocycles. The molecule has 0 aliphatic heterocycles. The lowest BCUT2D eigenvalue weighted by Gasteiger charge is -2.17. The van der Waals surface area contributed by atoms with E-state index in [0.717, 1.165) is 25.2 Å². The van der Waals surface area contributed by atoms with Gasteiger partial charge in [-0.3, -0.25) is 4.79 Å². The lowest BCUT2D eigenvalue weighted by Crippen LogP contribution is -2.44. The summed E-state index contributed by atoms with van der Waals surface area (Å²) in [7, 11) is 0. The van der Waals surface area contributed by atoms with Gasteiger partial charge in [-0.2, -0.15) is 0 Å². The van der Waals surface area contributed by atoms with Gasteiger partial charge < -0.3 is 15.6 Å². The third-order valence-electron chi connectivity index (χ3n) is 4.27. The van der Waals surface area contributed by atoms with Crippen LogP contribution < -0.4 is 11.1 Å². The third-order valence-corrected chi connectivity index (χ3v) is 4.27. The van der Waals surface area contributed by atoms with Gasteiger partial charge in [0.05, 0.1) is 12.6 Å². The maximum absolute atomic E-state index is 12.1. The highest BCUT2D eigenvalue weighted by Crippen LogP contribution is 2.07. The van der Waals surface area contributed by atoms with Gasteiger partial charge in [-0.1, -0.05) is 50.6 Å². The summed E-state index contributed by atoms with van der Waals surface area (Å²) in [5, 5.41) is 2.89. The Morgan fingerprint density at radius 3 is 2.71 bits per heavy atom. The minimum atomic E-state index is -0.465. The summed E-state index contributed by atoms with van der Waals surface area (Å²) in [6.07, 6.45) is 5.53. The molecule has 5 nitrogen and oxygen atoms in total. The fourth-order valence-corrected chi connectivity index (χ4v) is 2.40. The highest BCUT2D eigenvalue weighted by Gasteiger charge is 2.19. The topological polar surface area (TPSA) is 72.9 Å². The van der Waals surface area contributed by atoms with Crippen LogP contribution in [0.5, 0.6) is 0 Å². The van der Waals surface area contributed by atoms with Crippen molar-refractivity contribution in [1.29, 1.82) is 0 Å². The zero-order valence-electron chi connectivity index (χ0n) is 14.3. The van der Waals surface area contributed by atoms with Crippen LogP contribution in [-0.2, 0) is 24.3 Å². The standard InChI is InChI=1S/C18H26N4O.ClH/c1-3-14(2)17(19)18(23)21-13-16-20-10-12-22(16)11-9-15-7-5-4-6-8-15;/h4-8,10,12,14,17H,3,9,11,13,19H2,1-2H3,(H,21,23);1H. The molecule has 1 amide bonds. The van der Waals surface area contributed by atoms with E-state index >= 15 is 0 Å². The van der Waals surface area contributed by atoms with Gasteiger partial charge in [0.2, 0.25) is 5.91 Å². The van der Waals surface area contributed by atoms with E-state index < -0.39 is 6.04 Å². The van der Waals surface area contributed by atoms with E-state index in [1.807, 2.05) is 38.2 Å². The average molecular weight is 351 g/mol. The van der Waals surface area contributed by atoms with E-state index in [0.29, 0.717) is 6.54 Å². The van der Waals surface area contributed by atoms with Gasteiger partial charge >= 0.3 is 0 Å². The van der Waals surface area contributed by atoms with Crippen molar-refractivity contribution >= 4 is 18.3 Å². The Balaban J connectivity index is 0.00000288. The molecular weight excluding hydrogens is 324 g/mol. The number of nitrogens with zero attached hydrogens (tertiary/aromatic N) is 2. The molecule has 0 aliphatic rings. The second kappa shape index (κ2) is 10.1. The zero-order valence-corrected chi connectivity index (χ0v) is 15.1. The quantitative estimate of drug-likeness (QED) is 0.768. The molecule has 2 atom stereocenters. The molecule has 0 radical (unpaired) electrons. The largest absolute Gasteiger partial charge is 0.348 e. The first-order chi connectivity index (χ1) is 11.1. The van der Waals surface area contributed by atoms with Crippen LogP contribution in [-0.4, -0.2) is 21.5 Å². The number of benzene rings is 1. The second-order valence-corrected chi connectivity index (χ2v) is 5.90. The molecule has 2 unspecified atom stereocenters. The van der Waals surface area contributed by atoms with Crippen molar-refractivity contribution in [2.75, 3.05) is 0 Å². The van der Waals surface area contributed by atoms with Crippen LogP contribution in [0.1, 0.15) is 31.7 Å². The maximum atomic E-state index is 12.1. The lowest BCUT2D eigenvalue weighted by atomic mass is 9.99. The van der Waals surface area contributed by atoms with Crippen LogP contribution in [0.4, 0.5) is 0 Å². The number of aromatic nitrogens is 2. The molecule has 1 aromatic carbocycles. The van der Waals surface area contributed by atoms with E-state index in [1.54, 1.807) is 6.20 Å². The normalized spacial score (nSPS) is 13.0. The number of imidazole rings is 1. The number of rotatable bonds is 8. The SMILES string of the molecule is CCC(C)C(N)C(=O)NCc1nccn1CCc1ccccc1.Cl. The van der Waals surface area contributed by atoms with E-state index in [2.05, 4.69) is 27.0 Å². The first-order valence-electron chi connectivity index (χ1n) is 8.19. The van der Waals surface area contributed by atoms with Crippen LogP contribution in [0, 0.1) is 5.92 Å². The first kappa shape index (κ1) is 20.2. The summed E-state index contributed by atoms with van der Waals surface area (Å²) in [6, 6.07) is 9.86. The van der Waals surface area contributed by atoms with Crippen LogP contribution >= 0.6 is 12.4 Å². The predicted octanol–water partition coefficient (Wildman–Crippen LogP) is 2.54. The van der Waals surface area contributed by atoms with Crippen molar-refractivity contribution in [2.24, 2.45) is 11.7 Å². The van der Waals surface area contributed by atoms with E-state index in [1.165, 1.54) is 5.56 Å². The summed E-state index contributed by atoms with van der Waals surface area (Å²) < 4.78 is 2.07. The van der Waals surface area contributed by atoms with Crippen molar-refractivity contribution in [1.82, 2.24) is 14.9 Å². The van der Waals surface area contributed by atoms with Gasteiger partial charge in [-0.05, 0) is 17.9 Å². The molecule has 2 rings (SSSR count). The number of carbonyl (C=O) groups is 1. The Morgan fingerprint density at radius 1 is 1.33 bits per heavy atom. The zero-order chi connectivity index (χ0) is 16.7. The van der Waals surface area contributed by atoms with Crippen molar-refractivity contribution < 1.29 is 4.79 Å². The van der Waals surface area contributed by atoms with Gasteiger partial charge in [0.1, 0.15) is 5.82 Å². The van der Waals surface area contributed by atoms with Crippen molar-refractivity contribution in [2.45, 2.75) is 45.8 Å². The molecule has 132 valence electrons. The van der Waals surface area contributed by atoms with Crippen LogP contribution in [0.3, 0.4) is 0 Å². The molecular formula is C18H27ClN4O. The second-order valence-electron chi connectivity index (χ2n) is 5.90. The molecule has 0 fully saturated rings. The summed E-state index contributed by atoms with van der Waals surface area (Å²) in [5.74, 6) is 0.912. The number of aryl methyl sites for hydroxylation is 2. The molecule has 1 aromatic heterocycles. The van der Waals surface area contributed by atoms with Gasteiger partial charge in [0, 0.05) is 18.9 Å². The number of nitrogens with one attached hydrogen (secondary N) is 1.